The molecule has 1 N–H and O–H groups in total. The fourth-order valence-electron chi connectivity index (χ4n) is 4.25. The van der Waals surface area contributed by atoms with Crippen molar-refractivity contribution in [1.29, 1.82) is 0 Å². The molecule has 4 rings (SSSR count). The number of aliphatic hydroxyl groups is 1. The highest BCUT2D eigenvalue weighted by molar-refractivity contribution is 7.90. The van der Waals surface area contributed by atoms with Gasteiger partial charge in [-0.05, 0) is 48.4 Å². The number of carbonyl (C=O) groups is 1. The van der Waals surface area contributed by atoms with Crippen LogP contribution < -0.4 is 4.90 Å². The van der Waals surface area contributed by atoms with Crippen molar-refractivity contribution in [2.45, 2.75) is 18.0 Å². The van der Waals surface area contributed by atoms with Gasteiger partial charge in [0.25, 0.3) is 0 Å². The van der Waals surface area contributed by atoms with E-state index in [2.05, 4.69) is 0 Å². The third-order valence-corrected chi connectivity index (χ3v) is 7.28. The number of ketones is 1. The van der Waals surface area contributed by atoms with Crippen molar-refractivity contribution in [2.24, 2.45) is 0 Å². The van der Waals surface area contributed by atoms with Gasteiger partial charge in [-0.1, -0.05) is 36.4 Å². The molecule has 0 bridgehead atoms. The molecule has 1 atom stereocenters. The van der Waals surface area contributed by atoms with Gasteiger partial charge in [0.2, 0.25) is 0 Å². The van der Waals surface area contributed by atoms with Crippen LogP contribution in [0.3, 0.4) is 0 Å². The number of aliphatic hydroxyl groups excluding tert-OH is 1. The molecule has 0 spiro atoms. The highest BCUT2D eigenvalue weighted by Gasteiger charge is 2.27. The van der Waals surface area contributed by atoms with Crippen LogP contribution in [0.2, 0.25) is 0 Å². The average Bonchev–Trinajstić information content (AvgIpc) is 2.83. The molecule has 1 aliphatic heterocycles. The quantitative estimate of drug-likeness (QED) is 0.537. The van der Waals surface area contributed by atoms with Crippen molar-refractivity contribution in [3.63, 3.8) is 0 Å². The second kappa shape index (κ2) is 9.66. The number of rotatable bonds is 6. The van der Waals surface area contributed by atoms with E-state index in [0.717, 1.165) is 17.4 Å². The van der Waals surface area contributed by atoms with Crippen LogP contribution in [0, 0.1) is 5.82 Å². The van der Waals surface area contributed by atoms with Crippen LogP contribution in [0.4, 0.5) is 10.1 Å². The summed E-state index contributed by atoms with van der Waals surface area (Å²) in [5, 5.41) is 11.3. The molecule has 3 aromatic carbocycles. The average molecular weight is 483 g/mol. The number of Topliss-reactive ketones (excluding diaryl/α,β-unsaturated/α-hetero) is 1. The Kier molecular flexibility index (Phi) is 6.84. The molecule has 0 radical (unpaired) electrons. The van der Waals surface area contributed by atoms with Crippen LogP contribution in [-0.4, -0.2) is 56.6 Å². The Hall–Kier alpha value is -3.07. The van der Waals surface area contributed by atoms with E-state index < -0.39 is 21.9 Å². The molecule has 1 aliphatic rings. The molecule has 0 aromatic heterocycles. The number of anilines is 1. The van der Waals surface area contributed by atoms with Crippen molar-refractivity contribution in [2.75, 3.05) is 37.3 Å². The van der Waals surface area contributed by atoms with Crippen LogP contribution in [0.1, 0.15) is 29.1 Å². The number of piperazine rings is 1. The molecule has 6 nitrogen and oxygen atoms in total. The highest BCUT2D eigenvalue weighted by Crippen LogP contribution is 2.33. The molecule has 8 heteroatoms. The van der Waals surface area contributed by atoms with Gasteiger partial charge in [0, 0.05) is 43.6 Å². The number of halogens is 1. The summed E-state index contributed by atoms with van der Waals surface area (Å²) in [5.74, 6) is -0.641. The molecular formula is C26H27FN2O4S. The van der Waals surface area contributed by atoms with Gasteiger partial charge in [0.15, 0.2) is 15.6 Å². The largest absolute Gasteiger partial charge is 0.374 e. The molecule has 3 aromatic rings. The molecule has 1 unspecified atom stereocenters. The zero-order chi connectivity index (χ0) is 24.5. The zero-order valence-corrected chi connectivity index (χ0v) is 19.9. The third kappa shape index (κ3) is 5.04. The Bertz CT molecular complexity index is 1300. The van der Waals surface area contributed by atoms with Crippen LogP contribution in [0.5, 0.6) is 0 Å². The fraction of sp³-hybridized carbons (Fsp3) is 0.269. The van der Waals surface area contributed by atoms with Crippen molar-refractivity contribution >= 4 is 21.3 Å². The first-order chi connectivity index (χ1) is 16.1. The second-order valence-electron chi connectivity index (χ2n) is 8.51. The van der Waals surface area contributed by atoms with E-state index in [1.54, 1.807) is 24.3 Å². The zero-order valence-electron chi connectivity index (χ0n) is 19.1. The summed E-state index contributed by atoms with van der Waals surface area (Å²) < 4.78 is 38.9. The van der Waals surface area contributed by atoms with E-state index in [9.17, 15) is 22.7 Å². The smallest absolute Gasteiger partial charge is 0.175 e. The maximum absolute atomic E-state index is 14.6. The van der Waals surface area contributed by atoms with E-state index in [-0.39, 0.29) is 10.7 Å². The van der Waals surface area contributed by atoms with Crippen LogP contribution in [0.25, 0.3) is 11.1 Å². The minimum atomic E-state index is -3.45. The summed E-state index contributed by atoms with van der Waals surface area (Å²) in [4.78, 5) is 15.4. The Morgan fingerprint density at radius 2 is 1.65 bits per heavy atom. The van der Waals surface area contributed by atoms with Gasteiger partial charge in [0.1, 0.15) is 12.0 Å². The minimum Gasteiger partial charge on any atom is -0.374 e. The Morgan fingerprint density at radius 1 is 0.971 bits per heavy atom. The number of sulfone groups is 1. The summed E-state index contributed by atoms with van der Waals surface area (Å²) in [6.45, 7) is 3.25. The summed E-state index contributed by atoms with van der Waals surface area (Å²) >= 11 is 0. The summed E-state index contributed by atoms with van der Waals surface area (Å²) in [7, 11) is -3.45. The lowest BCUT2D eigenvalue weighted by atomic mass is 9.98. The van der Waals surface area contributed by atoms with Gasteiger partial charge in [-0.2, -0.15) is 0 Å². The summed E-state index contributed by atoms with van der Waals surface area (Å²) in [6.07, 6.45) is 0.120. The second-order valence-corrected chi connectivity index (χ2v) is 10.5. The molecule has 178 valence electrons. The number of hydrogen-bond donors (Lipinski definition) is 1. The van der Waals surface area contributed by atoms with E-state index in [0.29, 0.717) is 43.0 Å². The van der Waals surface area contributed by atoms with Crippen LogP contribution in [0.15, 0.2) is 71.6 Å². The minimum absolute atomic E-state index is 0.146. The summed E-state index contributed by atoms with van der Waals surface area (Å²) in [5.41, 5.74) is 2.90. The van der Waals surface area contributed by atoms with Gasteiger partial charge in [-0.25, -0.2) is 12.8 Å². The molecule has 1 saturated heterocycles. The lowest BCUT2D eigenvalue weighted by molar-refractivity contribution is -0.00140. The molecule has 0 saturated carbocycles. The van der Waals surface area contributed by atoms with Crippen molar-refractivity contribution in [1.82, 2.24) is 4.90 Å². The fourth-order valence-corrected chi connectivity index (χ4v) is 4.91. The van der Waals surface area contributed by atoms with Crippen molar-refractivity contribution in [3.05, 3.63) is 83.7 Å². The van der Waals surface area contributed by atoms with Crippen molar-refractivity contribution < 1.29 is 22.7 Å². The predicted molar refractivity (Wildman–Crippen MR) is 130 cm³/mol. The molecule has 1 fully saturated rings. The first kappa shape index (κ1) is 24.1. The highest BCUT2D eigenvalue weighted by atomic mass is 32.2. The van der Waals surface area contributed by atoms with Gasteiger partial charge in [-0.3, -0.25) is 9.69 Å². The first-order valence-corrected chi connectivity index (χ1v) is 12.9. The van der Waals surface area contributed by atoms with Crippen LogP contribution in [-0.2, 0) is 9.84 Å². The maximum atomic E-state index is 14.6. The number of hydrogen-bond acceptors (Lipinski definition) is 6. The Labute approximate surface area is 199 Å². The molecule has 0 aliphatic carbocycles. The Morgan fingerprint density at radius 3 is 2.24 bits per heavy atom. The lowest BCUT2D eigenvalue weighted by Crippen LogP contribution is -2.48. The lowest BCUT2D eigenvalue weighted by Gasteiger charge is -2.39. The number of carbonyl (C=O) groups excluding carboxylic acids is 1. The van der Waals surface area contributed by atoms with Gasteiger partial charge < -0.3 is 10.0 Å². The predicted octanol–water partition coefficient (Wildman–Crippen LogP) is 3.91. The SMILES string of the molecule is CC(=O)c1ccc(N2CCN(C(O)c3cc(S(C)(=O)=O)ccc3-c3ccccc3)CC2)c(F)c1. The van der Waals surface area contributed by atoms with Gasteiger partial charge in [0.05, 0.1) is 10.6 Å². The normalized spacial score (nSPS) is 15.8. The van der Waals surface area contributed by atoms with E-state index in [1.807, 2.05) is 40.1 Å². The van der Waals surface area contributed by atoms with E-state index >= 15 is 0 Å². The molecule has 1 heterocycles. The molecule has 0 amide bonds. The van der Waals surface area contributed by atoms with Gasteiger partial charge >= 0.3 is 0 Å². The number of nitrogens with zero attached hydrogens (tertiary/aromatic N) is 2. The van der Waals surface area contributed by atoms with E-state index in [4.69, 9.17) is 0 Å². The maximum Gasteiger partial charge on any atom is 0.175 e. The molecular weight excluding hydrogens is 455 g/mol. The third-order valence-electron chi connectivity index (χ3n) is 6.17. The topological polar surface area (TPSA) is 77.9 Å². The number of benzene rings is 3. The van der Waals surface area contributed by atoms with Gasteiger partial charge in [-0.15, -0.1) is 0 Å². The Balaban J connectivity index is 1.58. The van der Waals surface area contributed by atoms with E-state index in [1.165, 1.54) is 19.1 Å². The molecule has 34 heavy (non-hydrogen) atoms. The van der Waals surface area contributed by atoms with Crippen LogP contribution >= 0.6 is 0 Å². The first-order valence-electron chi connectivity index (χ1n) is 11.0. The summed E-state index contributed by atoms with van der Waals surface area (Å²) in [6, 6.07) is 18.8. The monoisotopic (exact) mass is 482 g/mol. The van der Waals surface area contributed by atoms with Crippen molar-refractivity contribution in [3.8, 4) is 11.1 Å². The standard InChI is InChI=1S/C26H27FN2O4S/c1-18(30)20-8-11-25(24(27)16-20)28-12-14-29(15-13-28)26(31)23-17-21(34(2,32)33)9-10-22(23)19-6-4-3-5-7-19/h3-11,16-17,26,31H,12-15H2,1-2H3.